The van der Waals surface area contributed by atoms with Crippen molar-refractivity contribution in [1.29, 1.82) is 0 Å². The first-order chi connectivity index (χ1) is 6.27. The van der Waals surface area contributed by atoms with Crippen LogP contribution in [0.1, 0.15) is 0 Å². The highest BCUT2D eigenvalue weighted by molar-refractivity contribution is 9.10. The van der Waals surface area contributed by atoms with Gasteiger partial charge in [-0.2, -0.15) is 0 Å². The molecule has 0 spiro atoms. The molecule has 2 aromatic rings. The Hall–Kier alpha value is -0.800. The average molecular weight is 259 g/mol. The molecule has 13 heavy (non-hydrogen) atoms. The Balaban J connectivity index is 2.53. The van der Waals surface area contributed by atoms with Gasteiger partial charge in [0.2, 0.25) is 4.67 Å². The van der Waals surface area contributed by atoms with Gasteiger partial charge in [0, 0.05) is 5.02 Å². The van der Waals surface area contributed by atoms with Gasteiger partial charge in [-0.05, 0) is 33.6 Å². The van der Waals surface area contributed by atoms with E-state index in [-0.39, 0.29) is 0 Å². The van der Waals surface area contributed by atoms with E-state index in [4.69, 9.17) is 16.1 Å². The lowest BCUT2D eigenvalue weighted by Gasteiger charge is -1.96. The maximum atomic E-state index is 5.85. The maximum absolute atomic E-state index is 5.85. The summed E-state index contributed by atoms with van der Waals surface area (Å²) in [7, 11) is 0. The van der Waals surface area contributed by atoms with Gasteiger partial charge in [0.05, 0.1) is 11.8 Å². The van der Waals surface area contributed by atoms with Crippen LogP contribution in [0.15, 0.2) is 39.7 Å². The molecule has 0 saturated carbocycles. The second kappa shape index (κ2) is 3.52. The van der Waals surface area contributed by atoms with Crippen LogP contribution in [-0.2, 0) is 0 Å². The van der Waals surface area contributed by atoms with Gasteiger partial charge in [-0.3, -0.25) is 0 Å². The van der Waals surface area contributed by atoms with E-state index in [1.165, 1.54) is 0 Å². The Bertz CT molecular complexity index is 427. The number of aromatic nitrogens is 1. The Morgan fingerprint density at radius 3 is 2.85 bits per heavy atom. The molecule has 0 aliphatic rings. The van der Waals surface area contributed by atoms with Gasteiger partial charge in [0.15, 0.2) is 0 Å². The molecule has 0 aliphatic heterocycles. The lowest BCUT2D eigenvalue weighted by molar-refractivity contribution is 0.400. The van der Waals surface area contributed by atoms with Crippen molar-refractivity contribution >= 4 is 27.5 Å². The minimum atomic E-state index is 0.620. The number of hydrogen-bond acceptors (Lipinski definition) is 2. The van der Waals surface area contributed by atoms with Crippen molar-refractivity contribution < 1.29 is 4.52 Å². The predicted octanol–water partition coefficient (Wildman–Crippen LogP) is 3.76. The van der Waals surface area contributed by atoms with Gasteiger partial charge in [-0.15, -0.1) is 0 Å². The van der Waals surface area contributed by atoms with E-state index < -0.39 is 0 Å². The molecule has 4 heteroatoms. The normalized spacial score (nSPS) is 10.3. The fourth-order valence-corrected chi connectivity index (χ4v) is 1.67. The lowest BCUT2D eigenvalue weighted by atomic mass is 10.1. The van der Waals surface area contributed by atoms with Gasteiger partial charge in [0.25, 0.3) is 0 Å². The molecule has 0 radical (unpaired) electrons. The number of hydrogen-bond donors (Lipinski definition) is 0. The number of halogens is 2. The highest BCUT2D eigenvalue weighted by Gasteiger charge is 2.06. The monoisotopic (exact) mass is 257 g/mol. The first-order valence-electron chi connectivity index (χ1n) is 3.63. The van der Waals surface area contributed by atoms with Gasteiger partial charge >= 0.3 is 0 Å². The van der Waals surface area contributed by atoms with Crippen molar-refractivity contribution in [3.8, 4) is 11.1 Å². The smallest absolute Gasteiger partial charge is 0.209 e. The van der Waals surface area contributed by atoms with Crippen LogP contribution in [0.2, 0.25) is 5.02 Å². The molecule has 66 valence electrons. The van der Waals surface area contributed by atoms with Crippen molar-refractivity contribution in [1.82, 2.24) is 5.16 Å². The summed E-state index contributed by atoms with van der Waals surface area (Å²) < 4.78 is 5.50. The molecule has 0 saturated heterocycles. The van der Waals surface area contributed by atoms with E-state index in [9.17, 15) is 0 Å². The minimum absolute atomic E-state index is 0.620. The molecule has 1 aromatic carbocycles. The molecule has 1 heterocycles. The van der Waals surface area contributed by atoms with Crippen LogP contribution >= 0.6 is 27.5 Å². The molecule has 1 aromatic heterocycles. The van der Waals surface area contributed by atoms with Crippen molar-refractivity contribution in [2.24, 2.45) is 0 Å². The molecule has 2 rings (SSSR count). The van der Waals surface area contributed by atoms with Crippen molar-refractivity contribution in [3.63, 3.8) is 0 Å². The molecule has 0 amide bonds. The fraction of sp³-hybridized carbons (Fsp3) is 0. The molecule has 0 atom stereocenters. The Labute approximate surface area is 88.6 Å². The standard InChI is InChI=1S/C9H5BrClNO/c10-9-8(5-12-13-9)6-2-1-3-7(11)4-6/h1-5H. The van der Waals surface area contributed by atoms with Crippen LogP contribution in [0.4, 0.5) is 0 Å². The summed E-state index contributed by atoms with van der Waals surface area (Å²) in [5, 5.41) is 4.36. The summed E-state index contributed by atoms with van der Waals surface area (Å²) in [6.45, 7) is 0. The Morgan fingerprint density at radius 1 is 1.38 bits per heavy atom. The van der Waals surface area contributed by atoms with Crippen molar-refractivity contribution in [3.05, 3.63) is 40.2 Å². The molecule has 0 aliphatic carbocycles. The van der Waals surface area contributed by atoms with E-state index in [2.05, 4.69) is 21.1 Å². The topological polar surface area (TPSA) is 26.0 Å². The van der Waals surface area contributed by atoms with Crippen LogP contribution in [0.25, 0.3) is 11.1 Å². The zero-order valence-electron chi connectivity index (χ0n) is 6.50. The van der Waals surface area contributed by atoms with Gasteiger partial charge in [0.1, 0.15) is 0 Å². The lowest BCUT2D eigenvalue weighted by Crippen LogP contribution is -1.74. The van der Waals surface area contributed by atoms with E-state index >= 15 is 0 Å². The van der Waals surface area contributed by atoms with Crippen LogP contribution in [0.3, 0.4) is 0 Å². The maximum Gasteiger partial charge on any atom is 0.209 e. The molecule has 2 nitrogen and oxygen atoms in total. The van der Waals surface area contributed by atoms with E-state index in [0.717, 1.165) is 11.1 Å². The zero-order valence-corrected chi connectivity index (χ0v) is 8.84. The minimum Gasteiger partial charge on any atom is -0.349 e. The van der Waals surface area contributed by atoms with Gasteiger partial charge in [-0.1, -0.05) is 28.9 Å². The molecule has 0 N–H and O–H groups in total. The number of benzene rings is 1. The van der Waals surface area contributed by atoms with Crippen LogP contribution < -0.4 is 0 Å². The van der Waals surface area contributed by atoms with Gasteiger partial charge < -0.3 is 4.52 Å². The molecule has 0 bridgehead atoms. The molecule has 0 fully saturated rings. The molecular weight excluding hydrogens is 253 g/mol. The van der Waals surface area contributed by atoms with E-state index in [1.807, 2.05) is 24.3 Å². The van der Waals surface area contributed by atoms with Crippen LogP contribution in [-0.4, -0.2) is 5.16 Å². The third-order valence-electron chi connectivity index (χ3n) is 1.66. The number of rotatable bonds is 1. The summed E-state index contributed by atoms with van der Waals surface area (Å²) in [6, 6.07) is 7.52. The molecular formula is C9H5BrClNO. The van der Waals surface area contributed by atoms with Crippen molar-refractivity contribution in [2.75, 3.05) is 0 Å². The highest BCUT2D eigenvalue weighted by atomic mass is 79.9. The summed E-state index contributed by atoms with van der Waals surface area (Å²) >= 11 is 9.10. The Kier molecular flexibility index (Phi) is 2.38. The first kappa shape index (κ1) is 8.78. The largest absolute Gasteiger partial charge is 0.349 e. The van der Waals surface area contributed by atoms with Gasteiger partial charge in [-0.25, -0.2) is 0 Å². The quantitative estimate of drug-likeness (QED) is 0.778. The van der Waals surface area contributed by atoms with Crippen LogP contribution in [0.5, 0.6) is 0 Å². The fourth-order valence-electron chi connectivity index (χ4n) is 1.07. The summed E-state index contributed by atoms with van der Waals surface area (Å²) in [4.78, 5) is 0. The summed E-state index contributed by atoms with van der Waals surface area (Å²) in [5.74, 6) is 0. The Morgan fingerprint density at radius 2 is 2.23 bits per heavy atom. The second-order valence-corrected chi connectivity index (χ2v) is 3.68. The third-order valence-corrected chi connectivity index (χ3v) is 2.47. The zero-order chi connectivity index (χ0) is 9.26. The molecule has 0 unspecified atom stereocenters. The second-order valence-electron chi connectivity index (χ2n) is 2.52. The predicted molar refractivity (Wildman–Crippen MR) is 54.6 cm³/mol. The average Bonchev–Trinajstić information content (AvgIpc) is 2.51. The summed E-state index contributed by atoms with van der Waals surface area (Å²) in [5.41, 5.74) is 1.89. The number of nitrogens with zero attached hydrogens (tertiary/aromatic N) is 1. The first-order valence-corrected chi connectivity index (χ1v) is 4.80. The van der Waals surface area contributed by atoms with Crippen molar-refractivity contribution in [2.45, 2.75) is 0 Å². The summed E-state index contributed by atoms with van der Waals surface area (Å²) in [6.07, 6.45) is 1.65. The third kappa shape index (κ3) is 1.76. The SMILES string of the molecule is Clc1cccc(-c2cnoc2Br)c1. The van der Waals surface area contributed by atoms with E-state index in [0.29, 0.717) is 9.69 Å². The van der Waals surface area contributed by atoms with E-state index in [1.54, 1.807) is 6.20 Å². The highest BCUT2D eigenvalue weighted by Crippen LogP contribution is 2.29. The van der Waals surface area contributed by atoms with Crippen LogP contribution in [0, 0.1) is 0 Å².